The van der Waals surface area contributed by atoms with Crippen molar-refractivity contribution < 1.29 is 19.5 Å². The Balaban J connectivity index is 2.68. The van der Waals surface area contributed by atoms with E-state index in [2.05, 4.69) is 17.9 Å². The molecule has 3 atom stereocenters. The van der Waals surface area contributed by atoms with E-state index in [4.69, 9.17) is 10.8 Å². The Morgan fingerprint density at radius 2 is 2.16 bits per heavy atom. The first kappa shape index (κ1) is 15.8. The molecule has 8 heteroatoms. The standard InChI is InChI=1S/C11H19N3O4S/c1-6(11(17)18)13-9(15)8-3-2-4-14(8)10(16)7(12)5-19/h6-8,19H,2-5,12H2,1H3,(H,13,15)(H,17,18)/t6-,7-,8-/m0/s1. The summed E-state index contributed by atoms with van der Waals surface area (Å²) >= 11 is 3.96. The monoisotopic (exact) mass is 289 g/mol. The first-order chi connectivity index (χ1) is 8.88. The molecule has 108 valence electrons. The molecule has 0 saturated carbocycles. The third-order valence-corrected chi connectivity index (χ3v) is 3.48. The zero-order chi connectivity index (χ0) is 14.6. The van der Waals surface area contributed by atoms with Crippen molar-refractivity contribution in [3.63, 3.8) is 0 Å². The summed E-state index contributed by atoms with van der Waals surface area (Å²) in [6, 6.07) is -2.36. The van der Waals surface area contributed by atoms with Crippen molar-refractivity contribution >= 4 is 30.4 Å². The molecular formula is C11H19N3O4S. The zero-order valence-corrected chi connectivity index (χ0v) is 11.6. The number of nitrogens with zero attached hydrogens (tertiary/aromatic N) is 1. The van der Waals surface area contributed by atoms with Gasteiger partial charge in [0.05, 0.1) is 6.04 Å². The van der Waals surface area contributed by atoms with Crippen molar-refractivity contribution in [3.8, 4) is 0 Å². The van der Waals surface area contributed by atoms with Crippen molar-refractivity contribution in [1.82, 2.24) is 10.2 Å². The Hall–Kier alpha value is -1.28. The fourth-order valence-corrected chi connectivity index (χ4v) is 2.12. The largest absolute Gasteiger partial charge is 0.480 e. The summed E-state index contributed by atoms with van der Waals surface area (Å²) in [5, 5.41) is 11.1. The molecule has 4 N–H and O–H groups in total. The van der Waals surface area contributed by atoms with Crippen LogP contribution >= 0.6 is 12.6 Å². The molecule has 1 aliphatic rings. The first-order valence-corrected chi connectivity index (χ1v) is 6.71. The minimum atomic E-state index is -1.11. The van der Waals surface area contributed by atoms with Crippen LogP contribution in [0, 0.1) is 0 Å². The molecule has 1 saturated heterocycles. The number of amides is 2. The number of rotatable bonds is 5. The fraction of sp³-hybridized carbons (Fsp3) is 0.727. The van der Waals surface area contributed by atoms with E-state index in [0.29, 0.717) is 19.4 Å². The van der Waals surface area contributed by atoms with Crippen molar-refractivity contribution in [2.75, 3.05) is 12.3 Å². The molecule has 0 aromatic carbocycles. The number of carboxylic acid groups (broad SMARTS) is 1. The number of hydrogen-bond donors (Lipinski definition) is 4. The fourth-order valence-electron chi connectivity index (χ4n) is 1.97. The third kappa shape index (κ3) is 3.84. The van der Waals surface area contributed by atoms with Gasteiger partial charge in [0.15, 0.2) is 0 Å². The molecule has 0 aromatic rings. The van der Waals surface area contributed by atoms with E-state index >= 15 is 0 Å². The van der Waals surface area contributed by atoms with Crippen LogP contribution in [0.5, 0.6) is 0 Å². The Bertz CT molecular complexity index is 377. The van der Waals surface area contributed by atoms with E-state index in [1.54, 1.807) is 0 Å². The van der Waals surface area contributed by atoms with Gasteiger partial charge in [0.2, 0.25) is 11.8 Å². The molecule has 1 rings (SSSR count). The Morgan fingerprint density at radius 1 is 1.53 bits per heavy atom. The smallest absolute Gasteiger partial charge is 0.325 e. The third-order valence-electron chi connectivity index (χ3n) is 3.08. The van der Waals surface area contributed by atoms with Crippen LogP contribution in [0.1, 0.15) is 19.8 Å². The highest BCUT2D eigenvalue weighted by Crippen LogP contribution is 2.18. The van der Waals surface area contributed by atoms with Gasteiger partial charge in [-0.1, -0.05) is 0 Å². The Kier molecular flexibility index (Phi) is 5.61. The van der Waals surface area contributed by atoms with Crippen LogP contribution in [0.15, 0.2) is 0 Å². The molecule has 1 heterocycles. The van der Waals surface area contributed by atoms with E-state index in [1.165, 1.54) is 11.8 Å². The number of nitrogens with two attached hydrogens (primary N) is 1. The summed E-state index contributed by atoms with van der Waals surface area (Å²) in [5.74, 6) is -1.69. The first-order valence-electron chi connectivity index (χ1n) is 6.08. The molecule has 0 aromatic heterocycles. The highest BCUT2D eigenvalue weighted by atomic mass is 32.1. The van der Waals surface area contributed by atoms with Gasteiger partial charge in [-0.25, -0.2) is 0 Å². The highest BCUT2D eigenvalue weighted by Gasteiger charge is 2.36. The minimum absolute atomic E-state index is 0.204. The lowest BCUT2D eigenvalue weighted by Gasteiger charge is -2.26. The van der Waals surface area contributed by atoms with Crippen molar-refractivity contribution in [3.05, 3.63) is 0 Å². The van der Waals surface area contributed by atoms with Gasteiger partial charge in [0, 0.05) is 12.3 Å². The molecule has 19 heavy (non-hydrogen) atoms. The van der Waals surface area contributed by atoms with Crippen molar-refractivity contribution in [2.24, 2.45) is 5.73 Å². The van der Waals surface area contributed by atoms with Gasteiger partial charge in [0.25, 0.3) is 0 Å². The predicted octanol–water partition coefficient (Wildman–Crippen LogP) is -1.18. The van der Waals surface area contributed by atoms with Crippen molar-refractivity contribution in [2.45, 2.75) is 37.9 Å². The summed E-state index contributed by atoms with van der Waals surface area (Å²) < 4.78 is 0. The molecule has 0 unspecified atom stereocenters. The van der Waals surface area contributed by atoms with E-state index in [1.807, 2.05) is 0 Å². The van der Waals surface area contributed by atoms with E-state index in [9.17, 15) is 14.4 Å². The van der Waals surface area contributed by atoms with Gasteiger partial charge in [-0.05, 0) is 19.8 Å². The maximum atomic E-state index is 12.0. The van der Waals surface area contributed by atoms with Gasteiger partial charge < -0.3 is 21.1 Å². The van der Waals surface area contributed by atoms with Crippen LogP contribution in [0.2, 0.25) is 0 Å². The normalized spacial score (nSPS) is 21.8. The van der Waals surface area contributed by atoms with Gasteiger partial charge >= 0.3 is 5.97 Å². The van der Waals surface area contributed by atoms with Crippen LogP contribution in [0.4, 0.5) is 0 Å². The van der Waals surface area contributed by atoms with Gasteiger partial charge in [0.1, 0.15) is 12.1 Å². The quantitative estimate of drug-likeness (QED) is 0.476. The number of hydrogen-bond acceptors (Lipinski definition) is 5. The van der Waals surface area contributed by atoms with Crippen LogP contribution in [0.25, 0.3) is 0 Å². The summed E-state index contributed by atoms with van der Waals surface area (Å²) in [7, 11) is 0. The van der Waals surface area contributed by atoms with Crippen LogP contribution in [0.3, 0.4) is 0 Å². The number of nitrogens with one attached hydrogen (secondary N) is 1. The number of carbonyl (C=O) groups is 3. The van der Waals surface area contributed by atoms with E-state index in [0.717, 1.165) is 0 Å². The maximum absolute atomic E-state index is 12.0. The molecular weight excluding hydrogens is 270 g/mol. The lowest BCUT2D eigenvalue weighted by atomic mass is 10.1. The van der Waals surface area contributed by atoms with Crippen LogP contribution in [-0.2, 0) is 14.4 Å². The Labute approximate surface area is 116 Å². The molecule has 7 nitrogen and oxygen atoms in total. The summed E-state index contributed by atoms with van der Waals surface area (Å²) in [5.41, 5.74) is 5.61. The van der Waals surface area contributed by atoms with Crippen LogP contribution < -0.4 is 11.1 Å². The maximum Gasteiger partial charge on any atom is 0.325 e. The van der Waals surface area contributed by atoms with E-state index in [-0.39, 0.29) is 11.7 Å². The number of carbonyl (C=O) groups excluding carboxylic acids is 2. The topological polar surface area (TPSA) is 113 Å². The highest BCUT2D eigenvalue weighted by molar-refractivity contribution is 7.80. The van der Waals surface area contributed by atoms with Gasteiger partial charge in [-0.15, -0.1) is 0 Å². The zero-order valence-electron chi connectivity index (χ0n) is 10.7. The average Bonchev–Trinajstić information content (AvgIpc) is 2.85. The van der Waals surface area contributed by atoms with Gasteiger partial charge in [-0.3, -0.25) is 14.4 Å². The van der Waals surface area contributed by atoms with Gasteiger partial charge in [-0.2, -0.15) is 12.6 Å². The van der Waals surface area contributed by atoms with Crippen molar-refractivity contribution in [1.29, 1.82) is 0 Å². The number of aliphatic carboxylic acids is 1. The molecule has 0 aliphatic carbocycles. The lowest BCUT2D eigenvalue weighted by Crippen LogP contribution is -2.53. The summed E-state index contributed by atoms with van der Waals surface area (Å²) in [6.07, 6.45) is 1.22. The minimum Gasteiger partial charge on any atom is -0.480 e. The lowest BCUT2D eigenvalue weighted by molar-refractivity contribution is -0.143. The summed E-state index contributed by atoms with van der Waals surface area (Å²) in [4.78, 5) is 36.0. The second-order valence-electron chi connectivity index (χ2n) is 4.55. The van der Waals surface area contributed by atoms with Crippen LogP contribution in [-0.4, -0.2) is 58.2 Å². The summed E-state index contributed by atoms with van der Waals surface area (Å²) in [6.45, 7) is 1.83. The number of thiol groups is 1. The molecule has 1 aliphatic heterocycles. The SMILES string of the molecule is C[C@H](NC(=O)[C@@H]1CCCN1C(=O)[C@@H](N)CS)C(=O)O. The number of likely N-dealkylation sites (tertiary alicyclic amines) is 1. The molecule has 0 bridgehead atoms. The molecule has 0 radical (unpaired) electrons. The average molecular weight is 289 g/mol. The second-order valence-corrected chi connectivity index (χ2v) is 4.91. The number of carboxylic acids is 1. The predicted molar refractivity (Wildman–Crippen MR) is 71.8 cm³/mol. The Morgan fingerprint density at radius 3 is 2.68 bits per heavy atom. The second kappa shape index (κ2) is 6.76. The molecule has 1 fully saturated rings. The van der Waals surface area contributed by atoms with E-state index < -0.39 is 30.0 Å². The molecule has 2 amide bonds. The molecule has 0 spiro atoms.